The molecule has 0 bridgehead atoms. The summed E-state index contributed by atoms with van der Waals surface area (Å²) in [6.45, 7) is 3.56. The Balaban J connectivity index is 1.10. The molecule has 0 amide bonds. The molecule has 0 unspecified atom stereocenters. The molecule has 172 valence electrons. The standard InChI is InChI=1S/C27H36ClN3S/c1-31-17-14-22(15-18-31)6-3-2-5-21-8-11-25(12-9-21)32-30-16-4-7-23-20-29-27-13-10-24(28)19-26(23)27/h8-13,19-20,22,29-30H,2-7,14-18H2,1H3. The second-order valence-electron chi connectivity index (χ2n) is 9.24. The first kappa shape index (κ1) is 23.7. The van der Waals surface area contributed by atoms with E-state index in [-0.39, 0.29) is 0 Å². The highest BCUT2D eigenvalue weighted by molar-refractivity contribution is 7.97. The average molecular weight is 470 g/mol. The van der Waals surface area contributed by atoms with Crippen LogP contribution in [0.1, 0.15) is 49.7 Å². The first-order chi connectivity index (χ1) is 15.7. The Hall–Kier alpha value is -1.46. The van der Waals surface area contributed by atoms with Gasteiger partial charge in [-0.05, 0) is 118 Å². The van der Waals surface area contributed by atoms with Crippen molar-refractivity contribution in [2.75, 3.05) is 26.7 Å². The molecule has 1 aromatic heterocycles. The molecule has 2 N–H and O–H groups in total. The van der Waals surface area contributed by atoms with E-state index < -0.39 is 0 Å². The number of halogens is 1. The lowest BCUT2D eigenvalue weighted by atomic mass is 9.91. The molecule has 5 heteroatoms. The van der Waals surface area contributed by atoms with Crippen LogP contribution in [-0.4, -0.2) is 36.6 Å². The summed E-state index contributed by atoms with van der Waals surface area (Å²) in [4.78, 5) is 7.09. The largest absolute Gasteiger partial charge is 0.361 e. The Morgan fingerprint density at radius 1 is 1.03 bits per heavy atom. The van der Waals surface area contributed by atoms with E-state index in [4.69, 9.17) is 11.6 Å². The second-order valence-corrected chi connectivity index (χ2v) is 10.6. The quantitative estimate of drug-likeness (QED) is 0.232. The molecule has 1 saturated heterocycles. The fourth-order valence-corrected chi connectivity index (χ4v) is 5.54. The van der Waals surface area contributed by atoms with E-state index in [2.05, 4.69) is 64.2 Å². The molecule has 3 nitrogen and oxygen atoms in total. The minimum absolute atomic E-state index is 0.799. The van der Waals surface area contributed by atoms with Crippen LogP contribution in [0.15, 0.2) is 53.6 Å². The predicted molar refractivity (Wildman–Crippen MR) is 140 cm³/mol. The first-order valence-corrected chi connectivity index (χ1v) is 13.3. The Bertz CT molecular complexity index is 961. The molecular weight excluding hydrogens is 434 g/mol. The van der Waals surface area contributed by atoms with Crippen LogP contribution in [0.4, 0.5) is 0 Å². The number of hydrogen-bond acceptors (Lipinski definition) is 3. The lowest BCUT2D eigenvalue weighted by molar-refractivity contribution is 0.210. The molecule has 3 aromatic rings. The molecule has 2 heterocycles. The predicted octanol–water partition coefficient (Wildman–Crippen LogP) is 7.11. The van der Waals surface area contributed by atoms with Gasteiger partial charge in [0.15, 0.2) is 0 Å². The zero-order chi connectivity index (χ0) is 22.2. The van der Waals surface area contributed by atoms with Gasteiger partial charge in [0, 0.05) is 33.6 Å². The summed E-state index contributed by atoms with van der Waals surface area (Å²) in [5.41, 5.74) is 3.97. The number of hydrogen-bond donors (Lipinski definition) is 2. The minimum Gasteiger partial charge on any atom is -0.361 e. The topological polar surface area (TPSA) is 31.1 Å². The van der Waals surface area contributed by atoms with Gasteiger partial charge in [-0.3, -0.25) is 4.72 Å². The van der Waals surface area contributed by atoms with E-state index in [1.165, 1.54) is 73.0 Å². The molecule has 0 saturated carbocycles. The number of fused-ring (bicyclic) bond motifs is 1. The Morgan fingerprint density at radius 3 is 2.66 bits per heavy atom. The number of nitrogens with one attached hydrogen (secondary N) is 2. The molecule has 0 radical (unpaired) electrons. The third-order valence-electron chi connectivity index (χ3n) is 6.73. The van der Waals surface area contributed by atoms with Crippen LogP contribution in [0.5, 0.6) is 0 Å². The van der Waals surface area contributed by atoms with Gasteiger partial charge >= 0.3 is 0 Å². The molecule has 0 atom stereocenters. The first-order valence-electron chi connectivity index (χ1n) is 12.1. The summed E-state index contributed by atoms with van der Waals surface area (Å²) in [7, 11) is 2.25. The Labute approximate surface area is 202 Å². The third kappa shape index (κ3) is 7.02. The normalized spacial score (nSPS) is 15.6. The number of rotatable bonds is 11. The average Bonchev–Trinajstić information content (AvgIpc) is 3.20. The van der Waals surface area contributed by atoms with Crippen LogP contribution in [0.2, 0.25) is 5.02 Å². The highest BCUT2D eigenvalue weighted by Crippen LogP contribution is 2.24. The van der Waals surface area contributed by atoms with Crippen molar-refractivity contribution in [2.45, 2.75) is 56.3 Å². The van der Waals surface area contributed by atoms with Crippen molar-refractivity contribution in [1.82, 2.24) is 14.6 Å². The van der Waals surface area contributed by atoms with Gasteiger partial charge in [0.1, 0.15) is 0 Å². The van der Waals surface area contributed by atoms with Crippen molar-refractivity contribution >= 4 is 34.5 Å². The highest BCUT2D eigenvalue weighted by Gasteiger charge is 2.15. The molecule has 1 aliphatic rings. The fourth-order valence-electron chi connectivity index (χ4n) is 4.68. The molecule has 32 heavy (non-hydrogen) atoms. The Morgan fingerprint density at radius 2 is 1.84 bits per heavy atom. The molecule has 0 aliphatic carbocycles. The molecule has 1 fully saturated rings. The van der Waals surface area contributed by atoms with E-state index in [0.29, 0.717) is 0 Å². The maximum Gasteiger partial charge on any atom is 0.0457 e. The number of aryl methyl sites for hydroxylation is 2. The van der Waals surface area contributed by atoms with Gasteiger partial charge in [0.05, 0.1) is 0 Å². The van der Waals surface area contributed by atoms with Crippen LogP contribution in [-0.2, 0) is 12.8 Å². The summed E-state index contributed by atoms with van der Waals surface area (Å²) in [6, 6.07) is 15.2. The highest BCUT2D eigenvalue weighted by atomic mass is 35.5. The van der Waals surface area contributed by atoms with Crippen molar-refractivity contribution in [3.05, 3.63) is 64.8 Å². The van der Waals surface area contributed by atoms with E-state index in [1.54, 1.807) is 11.9 Å². The molecule has 1 aliphatic heterocycles. The number of aromatic nitrogens is 1. The van der Waals surface area contributed by atoms with E-state index in [0.717, 1.165) is 35.8 Å². The van der Waals surface area contributed by atoms with E-state index in [9.17, 15) is 0 Å². The number of aromatic amines is 1. The van der Waals surface area contributed by atoms with Crippen LogP contribution in [0.3, 0.4) is 0 Å². The maximum absolute atomic E-state index is 6.15. The molecule has 0 spiro atoms. The number of unbranched alkanes of at least 4 members (excludes halogenated alkanes) is 1. The van der Waals surface area contributed by atoms with Gasteiger partial charge in [-0.1, -0.05) is 36.6 Å². The van der Waals surface area contributed by atoms with Crippen LogP contribution in [0, 0.1) is 5.92 Å². The molecule has 2 aromatic carbocycles. The lowest BCUT2D eigenvalue weighted by Gasteiger charge is -2.28. The zero-order valence-electron chi connectivity index (χ0n) is 19.2. The SMILES string of the molecule is CN1CCC(CCCCc2ccc(SNCCCc3c[nH]c4ccc(Cl)cc34)cc2)CC1. The summed E-state index contributed by atoms with van der Waals surface area (Å²) in [5.74, 6) is 0.963. The van der Waals surface area contributed by atoms with Gasteiger partial charge in [0.2, 0.25) is 0 Å². The number of likely N-dealkylation sites (tertiary alicyclic amines) is 1. The minimum atomic E-state index is 0.799. The van der Waals surface area contributed by atoms with Crippen LogP contribution < -0.4 is 4.72 Å². The van der Waals surface area contributed by atoms with Crippen molar-refractivity contribution in [3.63, 3.8) is 0 Å². The smallest absolute Gasteiger partial charge is 0.0457 e. The van der Waals surface area contributed by atoms with Gasteiger partial charge in [0.25, 0.3) is 0 Å². The number of piperidine rings is 1. The van der Waals surface area contributed by atoms with Crippen molar-refractivity contribution < 1.29 is 0 Å². The van der Waals surface area contributed by atoms with Crippen LogP contribution in [0.25, 0.3) is 10.9 Å². The Kier molecular flexibility index (Phi) is 8.98. The van der Waals surface area contributed by atoms with Crippen molar-refractivity contribution in [3.8, 4) is 0 Å². The van der Waals surface area contributed by atoms with Crippen molar-refractivity contribution in [2.24, 2.45) is 5.92 Å². The number of benzene rings is 2. The molecular formula is C27H36ClN3S. The summed E-state index contributed by atoms with van der Waals surface area (Å²) in [5, 5.41) is 2.04. The summed E-state index contributed by atoms with van der Waals surface area (Å²) >= 11 is 7.89. The number of nitrogens with zero attached hydrogens (tertiary/aromatic N) is 1. The summed E-state index contributed by atoms with van der Waals surface area (Å²) in [6.07, 6.45) is 12.4. The van der Waals surface area contributed by atoms with Gasteiger partial charge in [-0.15, -0.1) is 0 Å². The van der Waals surface area contributed by atoms with Gasteiger partial charge in [-0.2, -0.15) is 0 Å². The number of H-pyrrole nitrogens is 1. The van der Waals surface area contributed by atoms with Crippen LogP contribution >= 0.6 is 23.5 Å². The van der Waals surface area contributed by atoms with E-state index in [1.807, 2.05) is 6.07 Å². The van der Waals surface area contributed by atoms with Gasteiger partial charge < -0.3 is 9.88 Å². The zero-order valence-corrected chi connectivity index (χ0v) is 20.8. The molecule has 4 rings (SSSR count). The second kappa shape index (κ2) is 12.1. The lowest BCUT2D eigenvalue weighted by Crippen LogP contribution is -2.30. The fraction of sp³-hybridized carbons (Fsp3) is 0.481. The van der Waals surface area contributed by atoms with Crippen molar-refractivity contribution in [1.29, 1.82) is 0 Å². The van der Waals surface area contributed by atoms with Gasteiger partial charge in [-0.25, -0.2) is 0 Å². The monoisotopic (exact) mass is 469 g/mol. The maximum atomic E-state index is 6.15. The summed E-state index contributed by atoms with van der Waals surface area (Å²) < 4.78 is 3.51. The van der Waals surface area contributed by atoms with E-state index >= 15 is 0 Å². The third-order valence-corrected chi connectivity index (χ3v) is 7.83.